The molecule has 0 aliphatic rings. The number of ether oxygens (including phenoxy) is 1. The van der Waals surface area contributed by atoms with Gasteiger partial charge in [-0.15, -0.1) is 0 Å². The van der Waals surface area contributed by atoms with Gasteiger partial charge in [0.15, 0.2) is 0 Å². The maximum absolute atomic E-state index is 6.76. The minimum absolute atomic E-state index is 0.0164. The molecule has 7 aromatic rings. The van der Waals surface area contributed by atoms with Crippen molar-refractivity contribution >= 4 is 29.9 Å². The molecular formula is C42H41N3OSi. The molecule has 5 heteroatoms. The van der Waals surface area contributed by atoms with E-state index in [1.807, 2.05) is 30.6 Å². The van der Waals surface area contributed by atoms with Crippen molar-refractivity contribution in [3.8, 4) is 39.7 Å². The molecule has 3 aromatic heterocycles. The van der Waals surface area contributed by atoms with Gasteiger partial charge >= 0.3 is 0 Å². The number of para-hydroxylation sites is 1. The summed E-state index contributed by atoms with van der Waals surface area (Å²) < 4.78 is 9.04. The van der Waals surface area contributed by atoms with Gasteiger partial charge in [0.25, 0.3) is 0 Å². The van der Waals surface area contributed by atoms with Gasteiger partial charge in [0.05, 0.1) is 16.7 Å². The summed E-state index contributed by atoms with van der Waals surface area (Å²) in [5.74, 6) is 2.47. The molecule has 0 aliphatic carbocycles. The first-order chi connectivity index (χ1) is 22.5. The largest absolute Gasteiger partial charge is 0.457 e. The summed E-state index contributed by atoms with van der Waals surface area (Å²) in [4.78, 5) is 9.55. The molecule has 0 amide bonds. The van der Waals surface area contributed by atoms with Crippen molar-refractivity contribution in [3.63, 3.8) is 0 Å². The number of fused-ring (bicyclic) bond motifs is 3. The quantitative estimate of drug-likeness (QED) is 0.164. The van der Waals surface area contributed by atoms with Gasteiger partial charge in [-0.3, -0.25) is 9.55 Å². The fourth-order valence-electron chi connectivity index (χ4n) is 6.59. The molecule has 3 heterocycles. The van der Waals surface area contributed by atoms with Crippen LogP contribution in [0.25, 0.3) is 50.0 Å². The van der Waals surface area contributed by atoms with Crippen molar-refractivity contribution in [2.45, 2.75) is 51.9 Å². The zero-order valence-electron chi connectivity index (χ0n) is 28.1. The van der Waals surface area contributed by atoms with Crippen LogP contribution in [-0.2, 0) is 11.5 Å². The smallest absolute Gasteiger partial charge is 0.137 e. The van der Waals surface area contributed by atoms with Crippen molar-refractivity contribution in [2.75, 3.05) is 0 Å². The fourth-order valence-corrected chi connectivity index (χ4v) is 8.03. The third kappa shape index (κ3) is 6.36. The molecule has 0 saturated carbocycles. The summed E-state index contributed by atoms with van der Waals surface area (Å²) in [6, 6.07) is 41.6. The van der Waals surface area contributed by atoms with E-state index in [4.69, 9.17) is 9.72 Å². The van der Waals surface area contributed by atoms with Crippen molar-refractivity contribution in [1.82, 2.24) is 14.5 Å². The number of hydrogen-bond donors (Lipinski definition) is 0. The van der Waals surface area contributed by atoms with Gasteiger partial charge in [0.2, 0.25) is 0 Å². The van der Waals surface area contributed by atoms with E-state index < -0.39 is 8.07 Å². The van der Waals surface area contributed by atoms with Crippen molar-refractivity contribution < 1.29 is 4.74 Å². The fraction of sp³-hybridized carbons (Fsp3) is 0.190. The van der Waals surface area contributed by atoms with Crippen LogP contribution in [-0.4, -0.2) is 22.6 Å². The number of nitrogens with zero attached hydrogens (tertiary/aromatic N) is 3. The molecular weight excluding hydrogens is 591 g/mol. The lowest BCUT2D eigenvalue weighted by Gasteiger charge is -2.23. The molecule has 0 atom stereocenters. The first-order valence-electron chi connectivity index (χ1n) is 16.4. The van der Waals surface area contributed by atoms with Gasteiger partial charge in [0, 0.05) is 42.9 Å². The standard InChI is InChI=1S/C42H41N3OSi/c1-42(2,3)37-15-9-7-13-34(37)30-24-31(38-16-11-12-21-43-38)26-33(25-30)46-32-18-19-36-35-14-8-10-17-39(35)45(40(36)27-32)41-23-29(20-22-44-41)28-47(4,5)6/h7-27H,28H2,1-6H3. The Balaban J connectivity index is 1.37. The number of hydrogen-bond acceptors (Lipinski definition) is 3. The minimum atomic E-state index is -1.30. The van der Waals surface area contributed by atoms with Gasteiger partial charge in [-0.1, -0.05) is 88.9 Å². The molecule has 0 radical (unpaired) electrons. The normalized spacial score (nSPS) is 12.1. The highest BCUT2D eigenvalue weighted by Crippen LogP contribution is 2.39. The predicted octanol–water partition coefficient (Wildman–Crippen LogP) is 11.4. The van der Waals surface area contributed by atoms with Crippen LogP contribution >= 0.6 is 0 Å². The number of aromatic nitrogens is 3. The SMILES string of the molecule is CC(C)(C)c1ccccc1-c1cc(Oc2ccc3c4ccccc4n(-c4cc(C[Si](C)(C)C)ccn4)c3c2)cc(-c2ccccn2)c1. The van der Waals surface area contributed by atoms with E-state index >= 15 is 0 Å². The van der Waals surface area contributed by atoms with Crippen LogP contribution in [0.3, 0.4) is 0 Å². The molecule has 0 spiro atoms. The lowest BCUT2D eigenvalue weighted by Crippen LogP contribution is -2.24. The highest BCUT2D eigenvalue weighted by atomic mass is 28.3. The summed E-state index contributed by atoms with van der Waals surface area (Å²) >= 11 is 0. The summed E-state index contributed by atoms with van der Waals surface area (Å²) in [6.45, 7) is 14.0. The highest BCUT2D eigenvalue weighted by Gasteiger charge is 2.20. The summed E-state index contributed by atoms with van der Waals surface area (Å²) in [5.41, 5.74) is 9.04. The van der Waals surface area contributed by atoms with E-state index in [0.717, 1.165) is 51.2 Å². The van der Waals surface area contributed by atoms with Crippen LogP contribution in [0.15, 0.2) is 128 Å². The monoisotopic (exact) mass is 631 g/mol. The zero-order valence-corrected chi connectivity index (χ0v) is 29.1. The predicted molar refractivity (Wildman–Crippen MR) is 200 cm³/mol. The Hall–Kier alpha value is -5.00. The Labute approximate surface area is 278 Å². The van der Waals surface area contributed by atoms with Crippen molar-refractivity contribution in [2.24, 2.45) is 0 Å². The van der Waals surface area contributed by atoms with Crippen LogP contribution in [0, 0.1) is 0 Å². The number of pyridine rings is 2. The molecule has 0 saturated heterocycles. The Morgan fingerprint density at radius 2 is 1.38 bits per heavy atom. The van der Waals surface area contributed by atoms with Gasteiger partial charge in [-0.05, 0) is 94.4 Å². The maximum Gasteiger partial charge on any atom is 0.137 e. The average molecular weight is 632 g/mol. The molecule has 0 fully saturated rings. The Kier molecular flexibility index (Phi) is 7.81. The molecule has 0 aliphatic heterocycles. The van der Waals surface area contributed by atoms with Crippen LogP contribution in [0.1, 0.15) is 31.9 Å². The maximum atomic E-state index is 6.76. The van der Waals surface area contributed by atoms with Gasteiger partial charge in [0.1, 0.15) is 17.3 Å². The third-order valence-electron chi connectivity index (χ3n) is 8.57. The Bertz CT molecular complexity index is 2220. The van der Waals surface area contributed by atoms with E-state index in [1.54, 1.807) is 0 Å². The summed E-state index contributed by atoms with van der Waals surface area (Å²) in [5, 5.41) is 2.37. The molecule has 7 rings (SSSR count). The number of rotatable bonds is 7. The topological polar surface area (TPSA) is 39.9 Å². The first kappa shape index (κ1) is 30.6. The van der Waals surface area contributed by atoms with E-state index in [2.05, 4.69) is 147 Å². The second-order valence-corrected chi connectivity index (χ2v) is 20.1. The molecule has 47 heavy (non-hydrogen) atoms. The van der Waals surface area contributed by atoms with Gasteiger partial charge < -0.3 is 4.74 Å². The lowest BCUT2D eigenvalue weighted by molar-refractivity contribution is 0.483. The van der Waals surface area contributed by atoms with E-state index in [9.17, 15) is 0 Å². The molecule has 4 aromatic carbocycles. The van der Waals surface area contributed by atoms with E-state index in [-0.39, 0.29) is 5.41 Å². The highest BCUT2D eigenvalue weighted by molar-refractivity contribution is 6.75. The third-order valence-corrected chi connectivity index (χ3v) is 10.0. The second-order valence-electron chi connectivity index (χ2n) is 14.6. The van der Waals surface area contributed by atoms with Gasteiger partial charge in [-0.2, -0.15) is 0 Å². The molecule has 234 valence electrons. The van der Waals surface area contributed by atoms with Crippen molar-refractivity contribution in [1.29, 1.82) is 0 Å². The minimum Gasteiger partial charge on any atom is -0.457 e. The number of benzene rings is 4. The Morgan fingerprint density at radius 3 is 2.17 bits per heavy atom. The first-order valence-corrected chi connectivity index (χ1v) is 20.1. The van der Waals surface area contributed by atoms with Gasteiger partial charge in [-0.25, -0.2) is 4.98 Å². The second kappa shape index (κ2) is 12.0. The van der Waals surface area contributed by atoms with E-state index in [0.29, 0.717) is 0 Å². The van der Waals surface area contributed by atoms with Crippen LogP contribution in [0.2, 0.25) is 19.6 Å². The van der Waals surface area contributed by atoms with Crippen LogP contribution in [0.4, 0.5) is 0 Å². The van der Waals surface area contributed by atoms with E-state index in [1.165, 1.54) is 27.5 Å². The van der Waals surface area contributed by atoms with Crippen LogP contribution in [0.5, 0.6) is 11.5 Å². The Morgan fingerprint density at radius 1 is 0.638 bits per heavy atom. The summed E-state index contributed by atoms with van der Waals surface area (Å²) in [7, 11) is -1.30. The molecule has 4 nitrogen and oxygen atoms in total. The van der Waals surface area contributed by atoms with Crippen molar-refractivity contribution in [3.05, 3.63) is 139 Å². The molecule has 0 unspecified atom stereocenters. The lowest BCUT2D eigenvalue weighted by atomic mass is 9.81. The summed E-state index contributed by atoms with van der Waals surface area (Å²) in [6.07, 6.45) is 3.79. The zero-order chi connectivity index (χ0) is 32.8. The molecule has 0 N–H and O–H groups in total. The van der Waals surface area contributed by atoms with Crippen LogP contribution < -0.4 is 4.74 Å². The molecule has 0 bridgehead atoms. The average Bonchev–Trinajstić information content (AvgIpc) is 3.37.